The number of aromatic nitrogens is 3. The van der Waals surface area contributed by atoms with Crippen LogP contribution in [0.4, 0.5) is 19.1 Å². The van der Waals surface area contributed by atoms with Crippen molar-refractivity contribution < 1.29 is 17.9 Å². The van der Waals surface area contributed by atoms with E-state index in [-0.39, 0.29) is 23.0 Å². The molecule has 0 saturated heterocycles. The molecule has 0 fully saturated rings. The van der Waals surface area contributed by atoms with Gasteiger partial charge >= 0.3 is 6.18 Å². The Morgan fingerprint density at radius 3 is 2.43 bits per heavy atom. The zero-order valence-electron chi connectivity index (χ0n) is 14.6. The van der Waals surface area contributed by atoms with Gasteiger partial charge in [0.2, 0.25) is 5.95 Å². The Bertz CT molecular complexity index is 957. The van der Waals surface area contributed by atoms with Gasteiger partial charge < -0.3 is 16.2 Å². The third-order valence-electron chi connectivity index (χ3n) is 3.91. The summed E-state index contributed by atoms with van der Waals surface area (Å²) in [5.41, 5.74) is 10.5. The minimum atomic E-state index is -4.59. The molecule has 0 amide bonds. The van der Waals surface area contributed by atoms with Crippen LogP contribution in [0.15, 0.2) is 36.4 Å². The van der Waals surface area contributed by atoms with E-state index in [4.69, 9.17) is 27.8 Å². The van der Waals surface area contributed by atoms with Crippen molar-refractivity contribution in [2.75, 3.05) is 18.9 Å². The summed E-state index contributed by atoms with van der Waals surface area (Å²) in [7, 11) is 0. The Hall–Kier alpha value is -2.78. The van der Waals surface area contributed by atoms with Crippen molar-refractivity contribution in [3.63, 3.8) is 0 Å². The molecule has 1 aromatic heterocycles. The number of H-pyrrole nitrogens is 1. The number of rotatable bonds is 6. The first-order valence-corrected chi connectivity index (χ1v) is 8.65. The zero-order chi connectivity index (χ0) is 20.3. The van der Waals surface area contributed by atoms with Crippen molar-refractivity contribution in [3.8, 4) is 16.9 Å². The first-order valence-electron chi connectivity index (χ1n) is 8.27. The Kier molecular flexibility index (Phi) is 5.76. The fraction of sp³-hybridized carbons (Fsp3) is 0.222. The summed E-state index contributed by atoms with van der Waals surface area (Å²) < 4.78 is 46.5. The lowest BCUT2D eigenvalue weighted by Gasteiger charge is -2.17. The van der Waals surface area contributed by atoms with Gasteiger partial charge in [-0.25, -0.2) is 0 Å². The number of halogens is 4. The van der Waals surface area contributed by atoms with Crippen molar-refractivity contribution >= 4 is 17.5 Å². The predicted molar refractivity (Wildman–Crippen MR) is 100 cm³/mol. The van der Waals surface area contributed by atoms with Crippen LogP contribution in [-0.4, -0.2) is 28.3 Å². The average molecular weight is 412 g/mol. The van der Waals surface area contributed by atoms with Gasteiger partial charge in [0.05, 0.1) is 5.56 Å². The number of ether oxygens (including phenoxy) is 1. The van der Waals surface area contributed by atoms with E-state index in [9.17, 15) is 13.2 Å². The Morgan fingerprint density at radius 2 is 1.86 bits per heavy atom. The van der Waals surface area contributed by atoms with Crippen LogP contribution < -0.4 is 16.2 Å². The molecular formula is C18H17ClF3N5O. The number of anilines is 1. The van der Waals surface area contributed by atoms with E-state index in [0.29, 0.717) is 35.9 Å². The number of hydrogen-bond acceptors (Lipinski definition) is 5. The van der Waals surface area contributed by atoms with Gasteiger partial charge in [0, 0.05) is 23.6 Å². The number of aromatic amines is 1. The summed E-state index contributed by atoms with van der Waals surface area (Å²) in [4.78, 5) is 3.91. The second kappa shape index (κ2) is 8.07. The monoisotopic (exact) mass is 411 g/mol. The fourth-order valence-electron chi connectivity index (χ4n) is 2.76. The maximum absolute atomic E-state index is 13.7. The molecular weight excluding hydrogens is 395 g/mol. The molecule has 5 N–H and O–H groups in total. The van der Waals surface area contributed by atoms with Crippen LogP contribution in [0.2, 0.25) is 5.02 Å². The van der Waals surface area contributed by atoms with Crippen LogP contribution in [-0.2, 0) is 12.6 Å². The van der Waals surface area contributed by atoms with Crippen LogP contribution in [0.1, 0.15) is 17.0 Å². The number of nitrogens with two attached hydrogens (primary N) is 2. The van der Waals surface area contributed by atoms with Crippen LogP contribution in [0, 0.1) is 0 Å². The van der Waals surface area contributed by atoms with Crippen LogP contribution >= 0.6 is 11.6 Å². The maximum atomic E-state index is 13.7. The fourth-order valence-corrected chi connectivity index (χ4v) is 3.11. The summed E-state index contributed by atoms with van der Waals surface area (Å²) >= 11 is 6.25. The SMILES string of the molecule is NCCOc1ccc(-c2c(Cl)cc(Cc3nc(N)n[nH]3)cc2C(F)(F)F)cc1. The summed E-state index contributed by atoms with van der Waals surface area (Å²) in [5.74, 6) is 0.875. The molecule has 3 aromatic rings. The molecule has 0 aliphatic rings. The van der Waals surface area contributed by atoms with Gasteiger partial charge in [0.15, 0.2) is 0 Å². The normalized spacial score (nSPS) is 11.6. The highest BCUT2D eigenvalue weighted by atomic mass is 35.5. The molecule has 3 rings (SSSR count). The van der Waals surface area contributed by atoms with E-state index in [1.165, 1.54) is 18.2 Å². The van der Waals surface area contributed by atoms with E-state index in [1.807, 2.05) is 0 Å². The number of nitrogen functional groups attached to an aromatic ring is 1. The molecule has 0 aliphatic carbocycles. The van der Waals surface area contributed by atoms with Gasteiger partial charge in [0.25, 0.3) is 0 Å². The highest BCUT2D eigenvalue weighted by molar-refractivity contribution is 6.33. The molecule has 148 valence electrons. The number of alkyl halides is 3. The maximum Gasteiger partial charge on any atom is 0.417 e. The molecule has 0 saturated carbocycles. The van der Waals surface area contributed by atoms with Gasteiger partial charge in [-0.05, 0) is 35.4 Å². The number of hydrogen-bond donors (Lipinski definition) is 3. The number of nitrogens with zero attached hydrogens (tertiary/aromatic N) is 2. The molecule has 6 nitrogen and oxygen atoms in total. The molecule has 28 heavy (non-hydrogen) atoms. The second-order valence-corrected chi connectivity index (χ2v) is 6.38. The van der Waals surface area contributed by atoms with E-state index >= 15 is 0 Å². The predicted octanol–water partition coefficient (Wildman–Crippen LogP) is 3.65. The molecule has 1 heterocycles. The van der Waals surface area contributed by atoms with Crippen molar-refractivity contribution in [2.24, 2.45) is 5.73 Å². The van der Waals surface area contributed by atoms with Crippen LogP contribution in [0.3, 0.4) is 0 Å². The van der Waals surface area contributed by atoms with Crippen LogP contribution in [0.5, 0.6) is 5.75 Å². The minimum Gasteiger partial charge on any atom is -0.492 e. The van der Waals surface area contributed by atoms with Gasteiger partial charge in [-0.2, -0.15) is 18.2 Å². The lowest BCUT2D eigenvalue weighted by atomic mass is 9.95. The highest BCUT2D eigenvalue weighted by Gasteiger charge is 2.35. The quantitative estimate of drug-likeness (QED) is 0.574. The van der Waals surface area contributed by atoms with E-state index in [2.05, 4.69) is 15.2 Å². The topological polar surface area (TPSA) is 103 Å². The lowest BCUT2D eigenvalue weighted by Crippen LogP contribution is -2.10. The molecule has 0 bridgehead atoms. The van der Waals surface area contributed by atoms with E-state index in [1.54, 1.807) is 12.1 Å². The smallest absolute Gasteiger partial charge is 0.417 e. The van der Waals surface area contributed by atoms with Crippen molar-refractivity contribution in [2.45, 2.75) is 12.6 Å². The number of nitrogens with one attached hydrogen (secondary N) is 1. The summed E-state index contributed by atoms with van der Waals surface area (Å²) in [5, 5.41) is 6.21. The zero-order valence-corrected chi connectivity index (χ0v) is 15.3. The van der Waals surface area contributed by atoms with Crippen molar-refractivity contribution in [3.05, 3.63) is 58.4 Å². The molecule has 0 unspecified atom stereocenters. The Morgan fingerprint density at radius 1 is 1.14 bits per heavy atom. The second-order valence-electron chi connectivity index (χ2n) is 5.98. The standard InChI is InChI=1S/C18H17ClF3N5O/c19-14-8-10(9-15-25-17(24)27-26-15)7-13(18(20,21)22)16(14)11-1-3-12(4-2-11)28-6-5-23/h1-4,7-8H,5-6,9,23H2,(H3,24,25,26,27). The van der Waals surface area contributed by atoms with E-state index < -0.39 is 11.7 Å². The molecule has 0 atom stereocenters. The molecule has 10 heteroatoms. The van der Waals surface area contributed by atoms with E-state index in [0.717, 1.165) is 6.07 Å². The first kappa shape index (κ1) is 20.0. The van der Waals surface area contributed by atoms with Gasteiger partial charge in [-0.3, -0.25) is 5.10 Å². The van der Waals surface area contributed by atoms with Crippen LogP contribution in [0.25, 0.3) is 11.1 Å². The molecule has 0 spiro atoms. The summed E-state index contributed by atoms with van der Waals surface area (Å²) in [6.07, 6.45) is -4.51. The minimum absolute atomic E-state index is 0.0192. The summed E-state index contributed by atoms with van der Waals surface area (Å²) in [6, 6.07) is 8.74. The number of benzene rings is 2. The van der Waals surface area contributed by atoms with Gasteiger partial charge in [-0.1, -0.05) is 23.7 Å². The van der Waals surface area contributed by atoms with Gasteiger partial charge in [-0.15, -0.1) is 5.10 Å². The summed E-state index contributed by atoms with van der Waals surface area (Å²) in [6.45, 7) is 0.652. The molecule has 0 radical (unpaired) electrons. The average Bonchev–Trinajstić information content (AvgIpc) is 3.04. The Labute approximate surface area is 163 Å². The highest BCUT2D eigenvalue weighted by Crippen LogP contribution is 2.42. The molecule has 2 aromatic carbocycles. The molecule has 0 aliphatic heterocycles. The van der Waals surface area contributed by atoms with Crippen molar-refractivity contribution in [1.82, 2.24) is 15.2 Å². The van der Waals surface area contributed by atoms with Crippen molar-refractivity contribution in [1.29, 1.82) is 0 Å². The van der Waals surface area contributed by atoms with Gasteiger partial charge in [0.1, 0.15) is 18.2 Å². The lowest BCUT2D eigenvalue weighted by molar-refractivity contribution is -0.137. The third-order valence-corrected chi connectivity index (χ3v) is 4.20. The third kappa shape index (κ3) is 4.55. The largest absolute Gasteiger partial charge is 0.492 e. The first-order chi connectivity index (χ1) is 13.3. The Balaban J connectivity index is 2.00.